The highest BCUT2D eigenvalue weighted by molar-refractivity contribution is 5.83. The molecule has 0 radical (unpaired) electrons. The van der Waals surface area contributed by atoms with Crippen LogP contribution in [-0.4, -0.2) is 11.5 Å². The molecule has 10 aromatic rings. The lowest BCUT2D eigenvalue weighted by Crippen LogP contribution is -2.09. The van der Waals surface area contributed by atoms with Crippen LogP contribution in [0.4, 0.5) is 34.1 Å². The number of nitrogen functional groups attached to an aromatic ring is 5. The van der Waals surface area contributed by atoms with Crippen LogP contribution in [0.15, 0.2) is 267 Å². The summed E-state index contributed by atoms with van der Waals surface area (Å²) < 4.78 is 0. The van der Waals surface area contributed by atoms with E-state index in [9.17, 15) is 0 Å². The van der Waals surface area contributed by atoms with Crippen molar-refractivity contribution in [1.82, 2.24) is 0 Å². The third kappa shape index (κ3) is 32.8. The number of allylic oxidation sites excluding steroid dienone is 4. The SMILES string of the molecule is C=CN.CC(=N)Cc1cc(C)ccc1C.CC(N)=Nc1ccccc1N.Cc1ccc(N)c(C2C=CC=CC2C)c1.Cc1ccc(N)cc1C.Cc1ccccc1-c1cc(N)ccc1C.Cc1ccccc1C.Cc1ccccc1C.Cc1ccccc1C.Nc1ccccc1. The molecule has 0 saturated heterocycles. The van der Waals surface area contributed by atoms with Gasteiger partial charge in [-0.3, -0.25) is 0 Å². The molecular weight excluding hydrogens is 1170 g/mol. The number of rotatable bonds is 5. The largest absolute Gasteiger partial charge is 0.405 e. The Kier molecular flexibility index (Phi) is 38.0. The van der Waals surface area contributed by atoms with Gasteiger partial charge in [0.2, 0.25) is 0 Å². The van der Waals surface area contributed by atoms with E-state index in [0.717, 1.165) is 40.6 Å². The van der Waals surface area contributed by atoms with Gasteiger partial charge in [0.05, 0.1) is 17.2 Å². The summed E-state index contributed by atoms with van der Waals surface area (Å²) >= 11 is 0. The van der Waals surface area contributed by atoms with Crippen molar-refractivity contribution in [1.29, 1.82) is 5.41 Å². The summed E-state index contributed by atoms with van der Waals surface area (Å²) in [6, 6.07) is 74.9. The molecule has 1 aliphatic rings. The van der Waals surface area contributed by atoms with Crippen LogP contribution in [0.5, 0.6) is 0 Å². The summed E-state index contributed by atoms with van der Waals surface area (Å²) in [5.41, 5.74) is 66.0. The predicted octanol–water partition coefficient (Wildman–Crippen LogP) is 21.3. The molecule has 2 unspecified atom stereocenters. The topological polar surface area (TPSA) is 218 Å². The van der Waals surface area contributed by atoms with Crippen molar-refractivity contribution in [3.8, 4) is 11.1 Å². The number of hydrogen-bond donors (Lipinski definition) is 8. The minimum absolute atomic E-state index is 0.426. The fourth-order valence-corrected chi connectivity index (χ4v) is 9.15. The first-order valence-corrected chi connectivity index (χ1v) is 32.5. The molecule has 0 spiro atoms. The summed E-state index contributed by atoms with van der Waals surface area (Å²) in [5.74, 6) is 1.47. The van der Waals surface area contributed by atoms with Crippen molar-refractivity contribution in [2.24, 2.45) is 22.4 Å². The molecule has 15 N–H and O–H groups in total. The van der Waals surface area contributed by atoms with Gasteiger partial charge in [-0.15, -0.1) is 0 Å². The Hall–Kier alpha value is -10.6. The minimum Gasteiger partial charge on any atom is -0.405 e. The zero-order valence-corrected chi connectivity index (χ0v) is 60.3. The van der Waals surface area contributed by atoms with Crippen LogP contribution >= 0.6 is 0 Å². The average molecular weight is 1280 g/mol. The van der Waals surface area contributed by atoms with Gasteiger partial charge in [-0.25, -0.2) is 4.99 Å². The summed E-state index contributed by atoms with van der Waals surface area (Å²) in [6.07, 6.45) is 10.7. The maximum absolute atomic E-state index is 7.40. The molecule has 96 heavy (non-hydrogen) atoms. The van der Waals surface area contributed by atoms with Crippen LogP contribution in [0.3, 0.4) is 0 Å². The molecule has 0 aliphatic heterocycles. The number of amidine groups is 1. The van der Waals surface area contributed by atoms with E-state index in [1.54, 1.807) is 13.0 Å². The Labute approximate surface area is 578 Å². The van der Waals surface area contributed by atoms with Crippen LogP contribution in [0.25, 0.3) is 11.1 Å². The van der Waals surface area contributed by atoms with Crippen LogP contribution in [0, 0.1) is 101 Å². The fraction of sp³-hybridized carbons (Fsp3) is 0.218. The smallest absolute Gasteiger partial charge is 0.0965 e. The number of nitrogens with two attached hydrogens (primary N) is 7. The Bertz CT molecular complexity index is 3850. The first-order chi connectivity index (χ1) is 45.6. The molecule has 0 aromatic heterocycles. The second-order valence-corrected chi connectivity index (χ2v) is 24.1. The molecule has 0 saturated carbocycles. The van der Waals surface area contributed by atoms with Crippen molar-refractivity contribution in [2.75, 3.05) is 28.7 Å². The van der Waals surface area contributed by atoms with Gasteiger partial charge in [0.25, 0.3) is 0 Å². The van der Waals surface area contributed by atoms with E-state index < -0.39 is 0 Å². The van der Waals surface area contributed by atoms with E-state index in [-0.39, 0.29) is 0 Å². The number of benzene rings is 10. The molecule has 0 bridgehead atoms. The maximum Gasteiger partial charge on any atom is 0.0965 e. The van der Waals surface area contributed by atoms with Crippen LogP contribution < -0.4 is 40.1 Å². The number of hydrogen-bond acceptors (Lipinski definition) is 8. The van der Waals surface area contributed by atoms with Gasteiger partial charge in [-0.05, 0) is 254 Å². The summed E-state index contributed by atoms with van der Waals surface area (Å²) in [6.45, 7) is 36.3. The summed E-state index contributed by atoms with van der Waals surface area (Å²) in [4.78, 5) is 4.03. The Morgan fingerprint density at radius 2 is 0.802 bits per heavy atom. The number of nitrogens with one attached hydrogen (secondary N) is 1. The lowest BCUT2D eigenvalue weighted by molar-refractivity contribution is 0.636. The van der Waals surface area contributed by atoms with E-state index in [1.165, 1.54) is 101 Å². The van der Waals surface area contributed by atoms with Crippen molar-refractivity contribution in [3.63, 3.8) is 0 Å². The highest BCUT2D eigenvalue weighted by Gasteiger charge is 2.18. The number of anilines is 5. The summed E-state index contributed by atoms with van der Waals surface area (Å²) in [7, 11) is 0. The van der Waals surface area contributed by atoms with Gasteiger partial charge in [0.1, 0.15) is 0 Å². The van der Waals surface area contributed by atoms with E-state index in [1.807, 2.05) is 91.9 Å². The lowest BCUT2D eigenvalue weighted by atomic mass is 9.83. The standard InChI is InChI=1S/C14H17N.C14H15N.C11H15N.C8H11N3.C8H11N.3C8H10.C6H7N.C2H5N/c1-10-7-8-14(15)13(9-10)12-6-4-3-5-11(12)2;1-10-5-3-4-6-13(10)14-9-12(15)8-7-11(14)2;1-8-4-5-9(2)11(6-8)7-10(3)12;1-6(9)11-8-5-3-2-4-7(8)10;1-6-3-4-8(9)5-7(6)2;3*1-7-5-3-4-6-8(7)2;7-6-4-2-1-3-5-6;1-2-3/h3-9,11-12H,15H2,1-2H3;3-9H,15H2,1-2H3;4-6,12H,7H2,1-3H3;2-5H,10H2,1H3,(H2,9,11);3-5H,9H2,1-2H3;3*3-6H,1-2H3;1-5H,7H2;2H,1,3H2. The minimum atomic E-state index is 0.426. The van der Waals surface area contributed by atoms with Gasteiger partial charge >= 0.3 is 0 Å². The third-order valence-electron chi connectivity index (χ3n) is 15.5. The van der Waals surface area contributed by atoms with Crippen LogP contribution in [-0.2, 0) is 6.42 Å². The van der Waals surface area contributed by atoms with Crippen molar-refractivity contribution in [3.05, 3.63) is 345 Å². The highest BCUT2D eigenvalue weighted by Crippen LogP contribution is 2.34. The molecular formula is C87H111N9. The number of para-hydroxylation sites is 3. The fourth-order valence-electron chi connectivity index (χ4n) is 9.15. The molecule has 11 rings (SSSR count). The van der Waals surface area contributed by atoms with Crippen LogP contribution in [0.2, 0.25) is 0 Å². The predicted molar refractivity (Wildman–Crippen MR) is 426 cm³/mol. The molecule has 9 heteroatoms. The normalized spacial score (nSPS) is 11.9. The quantitative estimate of drug-likeness (QED) is 0.0473. The average Bonchev–Trinajstić information content (AvgIpc) is 0.883. The van der Waals surface area contributed by atoms with E-state index in [4.69, 9.17) is 39.8 Å². The second kappa shape index (κ2) is 44.8. The van der Waals surface area contributed by atoms with Gasteiger partial charge in [-0.2, -0.15) is 0 Å². The van der Waals surface area contributed by atoms with Crippen molar-refractivity contribution in [2.45, 2.75) is 123 Å². The monoisotopic (exact) mass is 1280 g/mol. The number of nitrogens with zero attached hydrogens (tertiary/aromatic N) is 1. The van der Waals surface area contributed by atoms with Crippen molar-refractivity contribution >= 4 is 45.7 Å². The number of aliphatic imine (C=N–C) groups is 1. The molecule has 9 nitrogen and oxygen atoms in total. The van der Waals surface area contributed by atoms with Gasteiger partial charge in [-0.1, -0.05) is 219 Å². The molecule has 0 amide bonds. The summed E-state index contributed by atoms with van der Waals surface area (Å²) in [5, 5.41) is 7.40. The molecule has 10 aromatic carbocycles. The maximum atomic E-state index is 7.40. The highest BCUT2D eigenvalue weighted by atomic mass is 14.9. The third-order valence-corrected chi connectivity index (χ3v) is 15.5. The van der Waals surface area contributed by atoms with Gasteiger partial charge < -0.3 is 45.5 Å². The molecule has 504 valence electrons. The Balaban J connectivity index is 0.000000370. The van der Waals surface area contributed by atoms with Gasteiger partial charge in [0.15, 0.2) is 0 Å². The van der Waals surface area contributed by atoms with E-state index in [2.05, 4.69) is 272 Å². The zero-order chi connectivity index (χ0) is 71.7. The number of aryl methyl sites for hydroxylation is 13. The zero-order valence-electron chi connectivity index (χ0n) is 60.3. The van der Waals surface area contributed by atoms with Crippen LogP contribution in [0.1, 0.15) is 110 Å². The molecule has 0 heterocycles. The van der Waals surface area contributed by atoms with Crippen molar-refractivity contribution < 1.29 is 0 Å². The van der Waals surface area contributed by atoms with Gasteiger partial charge in [0, 0.05) is 40.8 Å². The lowest BCUT2D eigenvalue weighted by Gasteiger charge is -2.22. The van der Waals surface area contributed by atoms with E-state index >= 15 is 0 Å². The Morgan fingerprint density at radius 1 is 0.406 bits per heavy atom. The second-order valence-electron chi connectivity index (χ2n) is 24.1. The molecule has 1 aliphatic carbocycles. The Morgan fingerprint density at radius 3 is 1.23 bits per heavy atom. The van der Waals surface area contributed by atoms with E-state index in [0.29, 0.717) is 23.4 Å². The first kappa shape index (κ1) is 81.5. The molecule has 2 atom stereocenters. The first-order valence-electron chi connectivity index (χ1n) is 32.5. The molecule has 0 fully saturated rings.